The van der Waals surface area contributed by atoms with Crippen molar-refractivity contribution in [1.29, 1.82) is 0 Å². The van der Waals surface area contributed by atoms with E-state index < -0.39 is 0 Å². The largest absolute Gasteiger partial charge is 0.362 e. The van der Waals surface area contributed by atoms with Crippen LogP contribution in [0.2, 0.25) is 5.28 Å². The summed E-state index contributed by atoms with van der Waals surface area (Å²) in [6.07, 6.45) is 1.56. The number of H-pyrrole nitrogens is 1. The third kappa shape index (κ3) is 2.60. The first-order chi connectivity index (χ1) is 7.25. The van der Waals surface area contributed by atoms with Crippen LogP contribution in [0.5, 0.6) is 0 Å². The molecule has 0 unspecified atom stereocenters. The summed E-state index contributed by atoms with van der Waals surface area (Å²) < 4.78 is 0.718. The number of nitrogens with zero attached hydrogens (tertiary/aromatic N) is 5. The molecule has 0 saturated heterocycles. The first-order valence-corrected chi connectivity index (χ1v) is 5.07. The number of hydrogen-bond donors (Lipinski definition) is 2. The van der Waals surface area contributed by atoms with Crippen LogP contribution in [0.1, 0.15) is 5.82 Å². The van der Waals surface area contributed by atoms with Gasteiger partial charge in [-0.25, -0.2) is 4.98 Å². The maximum absolute atomic E-state index is 5.64. The van der Waals surface area contributed by atoms with Gasteiger partial charge in [-0.05, 0) is 27.5 Å². The fraction of sp³-hybridized carbons (Fsp3) is 0.167. The summed E-state index contributed by atoms with van der Waals surface area (Å²) >= 11 is 8.93. The summed E-state index contributed by atoms with van der Waals surface area (Å²) in [4.78, 5) is 7.78. The number of halogens is 2. The molecule has 2 heterocycles. The number of aromatic amines is 1. The number of rotatable bonds is 3. The first kappa shape index (κ1) is 10.2. The Morgan fingerprint density at radius 2 is 2.40 bits per heavy atom. The fourth-order valence-corrected chi connectivity index (χ4v) is 1.35. The van der Waals surface area contributed by atoms with Gasteiger partial charge >= 0.3 is 0 Å². The highest BCUT2D eigenvalue weighted by atomic mass is 79.9. The second-order valence-corrected chi connectivity index (χ2v) is 3.71. The first-order valence-electron chi connectivity index (χ1n) is 3.90. The predicted octanol–water partition coefficient (Wildman–Crippen LogP) is 1.02. The number of anilines is 1. The van der Waals surface area contributed by atoms with Crippen molar-refractivity contribution in [3.8, 4) is 0 Å². The quantitative estimate of drug-likeness (QED) is 0.820. The van der Waals surface area contributed by atoms with Crippen molar-refractivity contribution in [2.45, 2.75) is 6.54 Å². The molecule has 2 aromatic heterocycles. The van der Waals surface area contributed by atoms with Crippen LogP contribution in [0.25, 0.3) is 0 Å². The van der Waals surface area contributed by atoms with Gasteiger partial charge in [-0.1, -0.05) is 5.21 Å². The highest BCUT2D eigenvalue weighted by Gasteiger charge is 2.04. The molecular formula is C6H5BrClN7. The molecule has 0 atom stereocenters. The van der Waals surface area contributed by atoms with Gasteiger partial charge in [-0.3, -0.25) is 0 Å². The predicted molar refractivity (Wildman–Crippen MR) is 56.2 cm³/mol. The SMILES string of the molecule is Clc1ncc(Br)c(NCc2nn[nH]n2)n1. The standard InChI is InChI=1S/C6H5BrClN7/c7-3-1-10-6(8)11-5(3)9-2-4-12-14-15-13-4/h1H,2H2,(H,9,10,11)(H,12,13,14,15). The number of tetrazole rings is 1. The minimum atomic E-state index is 0.175. The van der Waals surface area contributed by atoms with Gasteiger partial charge in [0.05, 0.1) is 11.0 Å². The Hall–Kier alpha value is -1.28. The van der Waals surface area contributed by atoms with Crippen LogP contribution in [-0.4, -0.2) is 30.6 Å². The number of hydrogen-bond acceptors (Lipinski definition) is 6. The van der Waals surface area contributed by atoms with Crippen molar-refractivity contribution >= 4 is 33.3 Å². The third-order valence-corrected chi connectivity index (χ3v) is 2.28. The zero-order valence-corrected chi connectivity index (χ0v) is 9.62. The molecule has 78 valence electrons. The summed E-state index contributed by atoms with van der Waals surface area (Å²) in [5, 5.41) is 16.5. The van der Waals surface area contributed by atoms with Crippen LogP contribution in [0.3, 0.4) is 0 Å². The van der Waals surface area contributed by atoms with E-state index in [0.717, 1.165) is 4.47 Å². The van der Waals surface area contributed by atoms with E-state index in [0.29, 0.717) is 18.2 Å². The van der Waals surface area contributed by atoms with E-state index in [1.807, 2.05) is 0 Å². The van der Waals surface area contributed by atoms with Gasteiger partial charge in [0, 0.05) is 6.20 Å². The molecule has 9 heteroatoms. The third-order valence-electron chi connectivity index (χ3n) is 1.52. The Bertz CT molecular complexity index is 445. The Balaban J connectivity index is 2.07. The lowest BCUT2D eigenvalue weighted by molar-refractivity contribution is 0.881. The van der Waals surface area contributed by atoms with E-state index in [-0.39, 0.29) is 5.28 Å². The van der Waals surface area contributed by atoms with Crippen molar-refractivity contribution in [3.05, 3.63) is 21.8 Å². The molecule has 0 radical (unpaired) electrons. The van der Waals surface area contributed by atoms with Gasteiger partial charge in [-0.2, -0.15) is 10.2 Å². The van der Waals surface area contributed by atoms with Crippen LogP contribution in [0.15, 0.2) is 10.7 Å². The summed E-state index contributed by atoms with van der Waals surface area (Å²) in [6.45, 7) is 0.405. The maximum Gasteiger partial charge on any atom is 0.224 e. The molecule has 2 rings (SSSR count). The summed E-state index contributed by atoms with van der Waals surface area (Å²) in [7, 11) is 0. The molecule has 2 aromatic rings. The smallest absolute Gasteiger partial charge is 0.224 e. The summed E-state index contributed by atoms with van der Waals surface area (Å²) in [5.41, 5.74) is 0. The van der Waals surface area contributed by atoms with E-state index in [9.17, 15) is 0 Å². The van der Waals surface area contributed by atoms with Gasteiger partial charge < -0.3 is 5.32 Å². The molecule has 0 aliphatic heterocycles. The van der Waals surface area contributed by atoms with E-state index in [1.165, 1.54) is 0 Å². The van der Waals surface area contributed by atoms with Gasteiger partial charge in [0.2, 0.25) is 5.28 Å². The lowest BCUT2D eigenvalue weighted by Crippen LogP contribution is -2.04. The van der Waals surface area contributed by atoms with E-state index in [2.05, 4.69) is 51.8 Å². The normalized spacial score (nSPS) is 10.3. The Kier molecular flexibility index (Phi) is 3.07. The lowest BCUT2D eigenvalue weighted by Gasteiger charge is -2.04. The average Bonchev–Trinajstić information content (AvgIpc) is 2.72. The van der Waals surface area contributed by atoms with Gasteiger partial charge in [0.15, 0.2) is 5.82 Å². The monoisotopic (exact) mass is 289 g/mol. The summed E-state index contributed by atoms with van der Waals surface area (Å²) in [5.74, 6) is 1.12. The number of aromatic nitrogens is 6. The minimum absolute atomic E-state index is 0.175. The molecule has 0 aliphatic carbocycles. The Labute approximate surface area is 97.8 Å². The molecule has 15 heavy (non-hydrogen) atoms. The average molecular weight is 291 g/mol. The van der Waals surface area contributed by atoms with Crippen molar-refractivity contribution in [3.63, 3.8) is 0 Å². The fourth-order valence-electron chi connectivity index (χ4n) is 0.890. The zero-order chi connectivity index (χ0) is 10.7. The molecule has 0 aliphatic rings. The zero-order valence-electron chi connectivity index (χ0n) is 7.28. The topological polar surface area (TPSA) is 92.3 Å². The molecule has 0 aromatic carbocycles. The van der Waals surface area contributed by atoms with Crippen molar-refractivity contribution in [1.82, 2.24) is 30.6 Å². The lowest BCUT2D eigenvalue weighted by atomic mass is 10.5. The van der Waals surface area contributed by atoms with E-state index >= 15 is 0 Å². The molecule has 0 fully saturated rings. The van der Waals surface area contributed by atoms with Gasteiger partial charge in [0.1, 0.15) is 5.82 Å². The van der Waals surface area contributed by atoms with Gasteiger partial charge in [0.25, 0.3) is 0 Å². The Morgan fingerprint density at radius 3 is 3.13 bits per heavy atom. The van der Waals surface area contributed by atoms with Crippen LogP contribution in [0.4, 0.5) is 5.82 Å². The number of nitrogens with one attached hydrogen (secondary N) is 2. The molecule has 2 N–H and O–H groups in total. The second kappa shape index (κ2) is 4.49. The molecule has 0 spiro atoms. The molecule has 0 saturated carbocycles. The van der Waals surface area contributed by atoms with Crippen LogP contribution in [0, 0.1) is 0 Å². The highest BCUT2D eigenvalue weighted by molar-refractivity contribution is 9.10. The van der Waals surface area contributed by atoms with Crippen LogP contribution in [-0.2, 0) is 6.54 Å². The van der Waals surface area contributed by atoms with Crippen molar-refractivity contribution < 1.29 is 0 Å². The van der Waals surface area contributed by atoms with E-state index in [4.69, 9.17) is 11.6 Å². The highest BCUT2D eigenvalue weighted by Crippen LogP contribution is 2.20. The molecule has 0 bridgehead atoms. The van der Waals surface area contributed by atoms with E-state index in [1.54, 1.807) is 6.20 Å². The minimum Gasteiger partial charge on any atom is -0.362 e. The second-order valence-electron chi connectivity index (χ2n) is 2.52. The molecular weight excluding hydrogens is 285 g/mol. The van der Waals surface area contributed by atoms with Crippen molar-refractivity contribution in [2.24, 2.45) is 0 Å². The molecule has 7 nitrogen and oxygen atoms in total. The van der Waals surface area contributed by atoms with Crippen LogP contribution >= 0.6 is 27.5 Å². The van der Waals surface area contributed by atoms with Gasteiger partial charge in [-0.15, -0.1) is 10.2 Å². The molecule has 0 amide bonds. The van der Waals surface area contributed by atoms with Crippen LogP contribution < -0.4 is 5.32 Å². The maximum atomic E-state index is 5.64. The summed E-state index contributed by atoms with van der Waals surface area (Å²) in [6, 6.07) is 0. The Morgan fingerprint density at radius 1 is 1.53 bits per heavy atom. The van der Waals surface area contributed by atoms with Crippen molar-refractivity contribution in [2.75, 3.05) is 5.32 Å².